The molecule has 4 atom stereocenters. The first-order valence-electron chi connectivity index (χ1n) is 9.82. The number of hydrogen-bond acceptors (Lipinski definition) is 5. The van der Waals surface area contributed by atoms with Crippen LogP contribution >= 0.6 is 7.82 Å². The van der Waals surface area contributed by atoms with Crippen molar-refractivity contribution in [3.8, 4) is 0 Å². The number of ether oxygens (including phenoxy) is 2. The molecule has 1 N–H and O–H groups in total. The third-order valence-corrected chi connectivity index (χ3v) is 6.33. The summed E-state index contributed by atoms with van der Waals surface area (Å²) in [6.45, 7) is 4.18. The van der Waals surface area contributed by atoms with Crippen molar-refractivity contribution in [1.29, 1.82) is 0 Å². The molecule has 0 spiro atoms. The van der Waals surface area contributed by atoms with Crippen molar-refractivity contribution in [1.82, 2.24) is 0 Å². The van der Waals surface area contributed by atoms with Crippen LogP contribution in [0.25, 0.3) is 0 Å². The standard InChI is InChI=1S/C19H30NO6P/c1-2-12-23-15-17-14-19(8-6-7-18(19)26-17)16-25-27(21,22)24-13-11-20-9-4-3-5-10-20/h3-5,9-10,17-18H,2,6-8,11-16H2,1H3/p+1/t17-,18-,19-/m0/s1. The summed E-state index contributed by atoms with van der Waals surface area (Å²) in [5.41, 5.74) is -0.198. The fraction of sp³-hybridized carbons (Fsp3) is 0.737. The average Bonchev–Trinajstić information content (AvgIpc) is 3.18. The summed E-state index contributed by atoms with van der Waals surface area (Å²) in [5, 5.41) is 0. The minimum atomic E-state index is -4.08. The second-order valence-electron chi connectivity index (χ2n) is 7.47. The van der Waals surface area contributed by atoms with Gasteiger partial charge in [-0.15, -0.1) is 0 Å². The number of nitrogens with zero attached hydrogens (tertiary/aromatic N) is 1. The maximum atomic E-state index is 12.3. The van der Waals surface area contributed by atoms with Crippen molar-refractivity contribution in [2.75, 3.05) is 26.4 Å². The molecule has 0 radical (unpaired) electrons. The fourth-order valence-electron chi connectivity index (χ4n) is 4.06. The largest absolute Gasteiger partial charge is 0.472 e. The van der Waals surface area contributed by atoms with Gasteiger partial charge in [-0.05, 0) is 25.7 Å². The molecule has 27 heavy (non-hydrogen) atoms. The summed E-state index contributed by atoms with van der Waals surface area (Å²) in [5.74, 6) is 0. The van der Waals surface area contributed by atoms with E-state index in [0.29, 0.717) is 13.2 Å². The van der Waals surface area contributed by atoms with Gasteiger partial charge in [-0.1, -0.05) is 19.4 Å². The quantitative estimate of drug-likeness (QED) is 0.350. The molecule has 152 valence electrons. The molecule has 2 heterocycles. The number of hydrogen-bond donors (Lipinski definition) is 1. The number of rotatable bonds is 11. The van der Waals surface area contributed by atoms with Crippen LogP contribution in [0.3, 0.4) is 0 Å². The van der Waals surface area contributed by atoms with E-state index in [1.165, 1.54) is 0 Å². The maximum absolute atomic E-state index is 12.3. The Balaban J connectivity index is 1.46. The van der Waals surface area contributed by atoms with Crippen LogP contribution < -0.4 is 4.57 Å². The molecule has 1 aliphatic heterocycles. The lowest BCUT2D eigenvalue weighted by Crippen LogP contribution is -2.34. The van der Waals surface area contributed by atoms with Crippen LogP contribution in [0.2, 0.25) is 0 Å². The lowest BCUT2D eigenvalue weighted by atomic mass is 9.82. The van der Waals surface area contributed by atoms with E-state index in [2.05, 4.69) is 6.92 Å². The van der Waals surface area contributed by atoms with Crippen molar-refractivity contribution >= 4 is 7.82 Å². The summed E-state index contributed by atoms with van der Waals surface area (Å²) in [7, 11) is -4.08. The summed E-state index contributed by atoms with van der Waals surface area (Å²) >= 11 is 0. The molecule has 2 aliphatic rings. The van der Waals surface area contributed by atoms with E-state index < -0.39 is 7.82 Å². The van der Waals surface area contributed by atoms with Gasteiger partial charge >= 0.3 is 7.82 Å². The summed E-state index contributed by atoms with van der Waals surface area (Å²) in [6, 6.07) is 5.71. The molecule has 1 aliphatic carbocycles. The lowest BCUT2D eigenvalue weighted by molar-refractivity contribution is -0.697. The van der Waals surface area contributed by atoms with Gasteiger partial charge in [0.1, 0.15) is 6.61 Å². The summed E-state index contributed by atoms with van der Waals surface area (Å²) < 4.78 is 36.4. The van der Waals surface area contributed by atoms with Crippen molar-refractivity contribution in [3.05, 3.63) is 30.6 Å². The van der Waals surface area contributed by atoms with Gasteiger partial charge in [0.15, 0.2) is 18.9 Å². The van der Waals surface area contributed by atoms with E-state index >= 15 is 0 Å². The van der Waals surface area contributed by atoms with Crippen LogP contribution in [0.1, 0.15) is 39.0 Å². The number of pyridine rings is 1. The second kappa shape index (κ2) is 9.59. The van der Waals surface area contributed by atoms with Crippen LogP contribution in [0, 0.1) is 5.41 Å². The topological polar surface area (TPSA) is 78.1 Å². The minimum Gasteiger partial charge on any atom is -0.379 e. The first-order valence-corrected chi connectivity index (χ1v) is 11.3. The van der Waals surface area contributed by atoms with Crippen molar-refractivity contribution < 1.29 is 32.5 Å². The van der Waals surface area contributed by atoms with Crippen LogP contribution in [0.4, 0.5) is 0 Å². The zero-order valence-corrected chi connectivity index (χ0v) is 16.9. The highest BCUT2D eigenvalue weighted by atomic mass is 31.2. The summed E-state index contributed by atoms with van der Waals surface area (Å²) in [6.07, 6.45) is 8.63. The number of phosphoric acid groups is 1. The molecule has 0 bridgehead atoms. The van der Waals surface area contributed by atoms with E-state index in [1.807, 2.05) is 35.2 Å². The molecule has 7 nitrogen and oxygen atoms in total. The Morgan fingerprint density at radius 1 is 1.26 bits per heavy atom. The highest BCUT2D eigenvalue weighted by Crippen LogP contribution is 2.53. The van der Waals surface area contributed by atoms with E-state index in [0.717, 1.165) is 38.7 Å². The SMILES string of the molecule is CCCOC[C@@H]1C[C@]2(COP(=O)(O)OCC[n+]3ccccc3)CCC[C@@H]2O1. The van der Waals surface area contributed by atoms with Gasteiger partial charge in [0.05, 0.1) is 25.4 Å². The Bertz CT molecular complexity index is 630. The smallest absolute Gasteiger partial charge is 0.379 e. The Hall–Kier alpha value is -0.820. The van der Waals surface area contributed by atoms with Crippen molar-refractivity contribution in [2.45, 2.75) is 57.8 Å². The monoisotopic (exact) mass is 400 g/mol. The molecule has 1 unspecified atom stereocenters. The van der Waals surface area contributed by atoms with Gasteiger partial charge in [-0.25, -0.2) is 9.13 Å². The third-order valence-electron chi connectivity index (χ3n) is 5.36. The molecular weight excluding hydrogens is 369 g/mol. The van der Waals surface area contributed by atoms with Crippen LogP contribution in [-0.2, 0) is 29.6 Å². The summed E-state index contributed by atoms with van der Waals surface area (Å²) in [4.78, 5) is 10.0. The predicted molar refractivity (Wildman–Crippen MR) is 99.0 cm³/mol. The van der Waals surface area contributed by atoms with Gasteiger partial charge in [0.25, 0.3) is 0 Å². The third kappa shape index (κ3) is 5.83. The Morgan fingerprint density at radius 2 is 2.07 bits per heavy atom. The van der Waals surface area contributed by atoms with E-state index in [4.69, 9.17) is 18.5 Å². The Labute approximate surface area is 161 Å². The van der Waals surface area contributed by atoms with Gasteiger partial charge in [0.2, 0.25) is 0 Å². The lowest BCUT2D eigenvalue weighted by Gasteiger charge is -2.27. The minimum absolute atomic E-state index is 0.0407. The maximum Gasteiger partial charge on any atom is 0.472 e. The molecule has 1 aromatic heterocycles. The van der Waals surface area contributed by atoms with Gasteiger partial charge in [-0.2, -0.15) is 0 Å². The molecular formula is C19H31NO6P+. The molecule has 1 saturated heterocycles. The fourth-order valence-corrected chi connectivity index (χ4v) is 4.87. The first-order chi connectivity index (χ1) is 13.0. The highest BCUT2D eigenvalue weighted by molar-refractivity contribution is 7.47. The zero-order chi connectivity index (χ0) is 19.2. The van der Waals surface area contributed by atoms with E-state index in [-0.39, 0.29) is 30.8 Å². The zero-order valence-electron chi connectivity index (χ0n) is 16.0. The average molecular weight is 400 g/mol. The van der Waals surface area contributed by atoms with Gasteiger partial charge < -0.3 is 14.4 Å². The highest BCUT2D eigenvalue weighted by Gasteiger charge is 2.52. The molecule has 0 amide bonds. The Morgan fingerprint density at radius 3 is 2.85 bits per heavy atom. The van der Waals surface area contributed by atoms with E-state index in [1.54, 1.807) is 0 Å². The first kappa shape index (κ1) is 20.9. The molecule has 0 aromatic carbocycles. The number of phosphoric ester groups is 1. The van der Waals surface area contributed by atoms with Crippen LogP contribution in [0.5, 0.6) is 0 Å². The number of fused-ring (bicyclic) bond motifs is 1. The van der Waals surface area contributed by atoms with Crippen LogP contribution in [-0.4, -0.2) is 43.5 Å². The second-order valence-corrected chi connectivity index (χ2v) is 8.92. The van der Waals surface area contributed by atoms with Crippen molar-refractivity contribution in [2.24, 2.45) is 5.41 Å². The Kier molecular flexibility index (Phi) is 7.42. The van der Waals surface area contributed by atoms with Gasteiger partial charge in [0, 0.05) is 24.2 Å². The number of aromatic nitrogens is 1. The van der Waals surface area contributed by atoms with Crippen molar-refractivity contribution in [3.63, 3.8) is 0 Å². The molecule has 2 fully saturated rings. The molecule has 1 aromatic rings. The molecule has 8 heteroatoms. The van der Waals surface area contributed by atoms with Crippen LogP contribution in [0.15, 0.2) is 30.6 Å². The predicted octanol–water partition coefficient (Wildman–Crippen LogP) is 2.86. The van der Waals surface area contributed by atoms with Gasteiger partial charge in [-0.3, -0.25) is 9.05 Å². The van der Waals surface area contributed by atoms with E-state index in [9.17, 15) is 9.46 Å². The molecule has 3 rings (SSSR count). The molecule has 1 saturated carbocycles. The normalized spacial score (nSPS) is 29.6.